The van der Waals surface area contributed by atoms with E-state index in [4.69, 9.17) is 19.7 Å². The number of aromatic nitrogens is 4. The maximum atomic E-state index is 5.30. The van der Waals surface area contributed by atoms with Gasteiger partial charge in [-0.2, -0.15) is 10.2 Å². The number of methoxy groups -OCH3 is 2. The molecule has 4 aromatic rings. The smallest absolute Gasteiger partial charge is 0.135 e. The molecule has 0 fully saturated rings. The standard InChI is InChI=1S/C23H24N4O2S2/c1-28-18-9-5-16(6-10-18)20-13-23(31-4)27(24-20)15-26-21(14-22(25-26)30-3)17-7-11-19(29-2)12-8-17/h5-14H,15H2,1-4H3. The van der Waals surface area contributed by atoms with Gasteiger partial charge in [-0.25, -0.2) is 9.36 Å². The van der Waals surface area contributed by atoms with Gasteiger partial charge in [0.2, 0.25) is 0 Å². The molecule has 4 rings (SSSR count). The molecule has 2 aromatic heterocycles. The first-order valence-corrected chi connectivity index (χ1v) is 12.1. The fourth-order valence-electron chi connectivity index (χ4n) is 3.29. The van der Waals surface area contributed by atoms with Gasteiger partial charge in [0.05, 0.1) is 30.6 Å². The lowest BCUT2D eigenvalue weighted by atomic mass is 10.1. The molecule has 0 unspecified atom stereocenters. The monoisotopic (exact) mass is 452 g/mol. The van der Waals surface area contributed by atoms with E-state index in [2.05, 4.69) is 30.5 Å². The van der Waals surface area contributed by atoms with Gasteiger partial charge in [0.1, 0.15) is 23.2 Å². The van der Waals surface area contributed by atoms with Crippen LogP contribution in [0.1, 0.15) is 0 Å². The molecule has 160 valence electrons. The van der Waals surface area contributed by atoms with E-state index >= 15 is 0 Å². The van der Waals surface area contributed by atoms with E-state index in [1.807, 2.05) is 52.0 Å². The number of ether oxygens (including phenoxy) is 2. The molecule has 0 atom stereocenters. The number of hydrogen-bond acceptors (Lipinski definition) is 6. The van der Waals surface area contributed by atoms with Crippen LogP contribution in [0.2, 0.25) is 0 Å². The molecule has 6 nitrogen and oxygen atoms in total. The van der Waals surface area contributed by atoms with Gasteiger partial charge in [-0.15, -0.1) is 23.5 Å². The first-order chi connectivity index (χ1) is 15.1. The molecular formula is C23H24N4O2S2. The summed E-state index contributed by atoms with van der Waals surface area (Å²) in [7, 11) is 3.34. The Hall–Kier alpha value is -2.84. The summed E-state index contributed by atoms with van der Waals surface area (Å²) >= 11 is 3.30. The summed E-state index contributed by atoms with van der Waals surface area (Å²) in [4.78, 5) is 0. The number of hydrogen-bond donors (Lipinski definition) is 0. The quantitative estimate of drug-likeness (QED) is 0.335. The largest absolute Gasteiger partial charge is 0.497 e. The molecule has 0 aliphatic rings. The SMILES string of the molecule is COc1ccc(-c2cc(SC)n(Cn3nc(SC)cc3-c3ccc(OC)cc3)n2)cc1. The molecule has 31 heavy (non-hydrogen) atoms. The molecule has 2 heterocycles. The Morgan fingerprint density at radius 1 is 0.742 bits per heavy atom. The zero-order valence-electron chi connectivity index (χ0n) is 17.9. The zero-order valence-corrected chi connectivity index (χ0v) is 19.5. The van der Waals surface area contributed by atoms with Crippen LogP contribution in [0.5, 0.6) is 11.5 Å². The van der Waals surface area contributed by atoms with E-state index < -0.39 is 0 Å². The lowest BCUT2D eigenvalue weighted by Crippen LogP contribution is -2.13. The number of nitrogens with zero attached hydrogens (tertiary/aromatic N) is 4. The number of thioether (sulfide) groups is 2. The summed E-state index contributed by atoms with van der Waals surface area (Å²) in [5, 5.41) is 11.7. The predicted octanol–water partition coefficient (Wildman–Crippen LogP) is 5.38. The van der Waals surface area contributed by atoms with Gasteiger partial charge in [0.25, 0.3) is 0 Å². The van der Waals surface area contributed by atoms with E-state index in [-0.39, 0.29) is 0 Å². The Morgan fingerprint density at radius 2 is 1.35 bits per heavy atom. The second kappa shape index (κ2) is 9.53. The molecular weight excluding hydrogens is 428 g/mol. The summed E-state index contributed by atoms with van der Waals surface area (Å²) < 4.78 is 14.6. The van der Waals surface area contributed by atoms with Gasteiger partial charge >= 0.3 is 0 Å². The summed E-state index contributed by atoms with van der Waals surface area (Å²) in [6, 6.07) is 20.2. The zero-order chi connectivity index (χ0) is 21.8. The molecule has 8 heteroatoms. The van der Waals surface area contributed by atoms with Gasteiger partial charge in [0.15, 0.2) is 0 Å². The van der Waals surface area contributed by atoms with Gasteiger partial charge in [-0.1, -0.05) is 0 Å². The van der Waals surface area contributed by atoms with E-state index in [1.54, 1.807) is 37.7 Å². The van der Waals surface area contributed by atoms with Crippen LogP contribution in [-0.4, -0.2) is 46.3 Å². The Labute approximate surface area is 190 Å². The van der Waals surface area contributed by atoms with Gasteiger partial charge in [-0.3, -0.25) is 0 Å². The van der Waals surface area contributed by atoms with Crippen molar-refractivity contribution in [1.82, 2.24) is 19.6 Å². The van der Waals surface area contributed by atoms with E-state index in [9.17, 15) is 0 Å². The molecule has 0 radical (unpaired) electrons. The maximum Gasteiger partial charge on any atom is 0.135 e. The second-order valence-corrected chi connectivity index (χ2v) is 8.39. The van der Waals surface area contributed by atoms with Crippen molar-refractivity contribution in [2.45, 2.75) is 16.7 Å². The Morgan fingerprint density at radius 3 is 1.90 bits per heavy atom. The fraction of sp³-hybridized carbons (Fsp3) is 0.217. The Balaban J connectivity index is 1.68. The predicted molar refractivity (Wildman–Crippen MR) is 127 cm³/mol. The number of rotatable bonds is 8. The molecule has 0 N–H and O–H groups in total. The van der Waals surface area contributed by atoms with Crippen LogP contribution in [0.25, 0.3) is 22.5 Å². The summed E-state index contributed by atoms with van der Waals surface area (Å²) in [6.45, 7) is 0.522. The molecule has 0 saturated carbocycles. The number of benzene rings is 2. The fourth-order valence-corrected chi connectivity index (χ4v) is 4.24. The van der Waals surface area contributed by atoms with Crippen molar-refractivity contribution >= 4 is 23.5 Å². The van der Waals surface area contributed by atoms with Crippen LogP contribution in [0.3, 0.4) is 0 Å². The molecule has 0 aliphatic heterocycles. The molecule has 0 aliphatic carbocycles. The van der Waals surface area contributed by atoms with Crippen molar-refractivity contribution in [1.29, 1.82) is 0 Å². The topological polar surface area (TPSA) is 54.1 Å². The van der Waals surface area contributed by atoms with Gasteiger partial charge in [-0.05, 0) is 73.2 Å². The first-order valence-electron chi connectivity index (χ1n) is 9.67. The Kier molecular flexibility index (Phi) is 6.58. The van der Waals surface area contributed by atoms with Crippen molar-refractivity contribution in [3.05, 3.63) is 60.7 Å². The summed E-state index contributed by atoms with van der Waals surface area (Å²) in [5.74, 6) is 1.67. The summed E-state index contributed by atoms with van der Waals surface area (Å²) in [6.07, 6.45) is 4.10. The third kappa shape index (κ3) is 4.60. The van der Waals surface area contributed by atoms with Crippen LogP contribution >= 0.6 is 23.5 Å². The average Bonchev–Trinajstić information content (AvgIpc) is 3.43. The van der Waals surface area contributed by atoms with E-state index in [0.717, 1.165) is 44.1 Å². The van der Waals surface area contributed by atoms with Crippen LogP contribution < -0.4 is 9.47 Å². The first kappa shape index (κ1) is 21.4. The Bertz CT molecular complexity index is 1150. The highest BCUT2D eigenvalue weighted by atomic mass is 32.2. The molecule has 0 saturated heterocycles. The van der Waals surface area contributed by atoms with Crippen LogP contribution in [0, 0.1) is 0 Å². The van der Waals surface area contributed by atoms with E-state index in [1.165, 1.54) is 0 Å². The third-order valence-corrected chi connectivity index (χ3v) is 6.32. The minimum absolute atomic E-state index is 0.522. The van der Waals surface area contributed by atoms with Crippen molar-refractivity contribution in [3.8, 4) is 34.0 Å². The van der Waals surface area contributed by atoms with Crippen molar-refractivity contribution < 1.29 is 9.47 Å². The normalized spacial score (nSPS) is 11.0. The maximum absolute atomic E-state index is 5.30. The summed E-state index contributed by atoms with van der Waals surface area (Å²) in [5.41, 5.74) is 4.10. The molecule has 0 spiro atoms. The van der Waals surface area contributed by atoms with Crippen molar-refractivity contribution in [3.63, 3.8) is 0 Å². The highest BCUT2D eigenvalue weighted by molar-refractivity contribution is 7.98. The average molecular weight is 453 g/mol. The highest BCUT2D eigenvalue weighted by Gasteiger charge is 2.14. The molecule has 0 bridgehead atoms. The molecule has 2 aromatic carbocycles. The second-order valence-electron chi connectivity index (χ2n) is 6.74. The lowest BCUT2D eigenvalue weighted by molar-refractivity contribution is 0.414. The minimum atomic E-state index is 0.522. The van der Waals surface area contributed by atoms with Gasteiger partial charge in [0, 0.05) is 11.1 Å². The minimum Gasteiger partial charge on any atom is -0.497 e. The van der Waals surface area contributed by atoms with Crippen molar-refractivity contribution in [2.75, 3.05) is 26.7 Å². The van der Waals surface area contributed by atoms with Crippen molar-refractivity contribution in [2.24, 2.45) is 0 Å². The highest BCUT2D eigenvalue weighted by Crippen LogP contribution is 2.29. The van der Waals surface area contributed by atoms with Crippen LogP contribution in [0.15, 0.2) is 70.7 Å². The third-order valence-electron chi connectivity index (χ3n) is 4.96. The molecule has 0 amide bonds. The van der Waals surface area contributed by atoms with E-state index in [0.29, 0.717) is 6.67 Å². The lowest BCUT2D eigenvalue weighted by Gasteiger charge is -2.10. The van der Waals surface area contributed by atoms with Crippen LogP contribution in [0.4, 0.5) is 0 Å². The van der Waals surface area contributed by atoms with Crippen LogP contribution in [-0.2, 0) is 6.67 Å². The van der Waals surface area contributed by atoms with Gasteiger partial charge < -0.3 is 9.47 Å².